The summed E-state index contributed by atoms with van der Waals surface area (Å²) < 4.78 is 1.85. The first-order valence-corrected chi connectivity index (χ1v) is 16.0. The number of carbonyl (C=O) groups excluding carboxylic acids is 2. The average molecular weight is 600 g/mol. The van der Waals surface area contributed by atoms with Gasteiger partial charge in [-0.15, -0.1) is 0 Å². The molecule has 2 fully saturated rings. The molecule has 2 amide bonds. The summed E-state index contributed by atoms with van der Waals surface area (Å²) >= 11 is 0. The van der Waals surface area contributed by atoms with Crippen LogP contribution in [0.15, 0.2) is 36.8 Å². The first kappa shape index (κ1) is 31.4. The highest BCUT2D eigenvalue weighted by Crippen LogP contribution is 2.28. The number of rotatable bonds is 11. The number of hydrogen-bond donors (Lipinski definition) is 3. The smallest absolute Gasteiger partial charge is 0.255 e. The van der Waals surface area contributed by atoms with Gasteiger partial charge < -0.3 is 20.9 Å². The Hall–Kier alpha value is -4.01. The molecular weight excluding hydrogens is 554 g/mol. The van der Waals surface area contributed by atoms with Crippen LogP contribution in [0.4, 0.5) is 5.69 Å². The predicted molar refractivity (Wildman–Crippen MR) is 172 cm³/mol. The van der Waals surface area contributed by atoms with Gasteiger partial charge in [0, 0.05) is 74.2 Å². The van der Waals surface area contributed by atoms with E-state index in [-0.39, 0.29) is 29.8 Å². The second kappa shape index (κ2) is 14.6. The van der Waals surface area contributed by atoms with Crippen molar-refractivity contribution in [1.82, 2.24) is 35.0 Å². The predicted octanol–water partition coefficient (Wildman–Crippen LogP) is 3.54. The molecule has 44 heavy (non-hydrogen) atoms. The van der Waals surface area contributed by atoms with E-state index >= 15 is 0 Å². The molecule has 0 radical (unpaired) electrons. The Labute approximate surface area is 260 Å². The number of carbonyl (C=O) groups is 2. The lowest BCUT2D eigenvalue weighted by atomic mass is 9.85. The van der Waals surface area contributed by atoms with Gasteiger partial charge in [0.15, 0.2) is 0 Å². The van der Waals surface area contributed by atoms with Crippen molar-refractivity contribution in [3.8, 4) is 11.9 Å². The first-order chi connectivity index (χ1) is 21.4. The molecule has 1 saturated heterocycles. The Morgan fingerprint density at radius 1 is 1.05 bits per heavy atom. The van der Waals surface area contributed by atoms with Crippen LogP contribution in [0.3, 0.4) is 0 Å². The first-order valence-electron chi connectivity index (χ1n) is 16.0. The molecule has 3 N–H and O–H groups in total. The van der Waals surface area contributed by atoms with E-state index in [1.807, 2.05) is 43.8 Å². The number of amides is 2. The van der Waals surface area contributed by atoms with Crippen LogP contribution in [-0.2, 0) is 4.79 Å². The van der Waals surface area contributed by atoms with E-state index in [4.69, 9.17) is 0 Å². The monoisotopic (exact) mass is 599 g/mol. The molecule has 234 valence electrons. The van der Waals surface area contributed by atoms with E-state index < -0.39 is 0 Å². The number of pyridine rings is 2. The molecule has 0 unspecified atom stereocenters. The number of piperazine rings is 1. The molecule has 1 saturated carbocycles. The number of anilines is 1. The van der Waals surface area contributed by atoms with Crippen LogP contribution in [0.5, 0.6) is 0 Å². The van der Waals surface area contributed by atoms with Gasteiger partial charge >= 0.3 is 0 Å². The molecule has 0 bridgehead atoms. The standard InChI is InChI=1S/C33H45N9O2/c1-23(2)38-29-19-30(42-13-10-26-18-24(20-34)21-37-31(26)42)36-22-28(29)32(43)39-27-8-6-25(7-9-27)33(44)41-16-14-40(15-17-41)12-5-4-11-35-3/h10,13,18-19,21-23,25,27,35H,4-9,11-12,14-17H2,1-3H3,(H,36,38)(H,39,43). The van der Waals surface area contributed by atoms with E-state index in [9.17, 15) is 14.9 Å². The Kier molecular flexibility index (Phi) is 10.5. The Bertz CT molecular complexity index is 1480. The third-order valence-corrected chi connectivity index (χ3v) is 8.73. The van der Waals surface area contributed by atoms with Crippen molar-refractivity contribution in [2.45, 2.75) is 64.5 Å². The van der Waals surface area contributed by atoms with Gasteiger partial charge in [0.05, 0.1) is 16.8 Å². The largest absolute Gasteiger partial charge is 0.382 e. The third-order valence-electron chi connectivity index (χ3n) is 8.73. The highest BCUT2D eigenvalue weighted by atomic mass is 16.2. The van der Waals surface area contributed by atoms with Crippen LogP contribution in [0.2, 0.25) is 0 Å². The molecule has 11 nitrogen and oxygen atoms in total. The summed E-state index contributed by atoms with van der Waals surface area (Å²) in [7, 11) is 1.99. The zero-order valence-electron chi connectivity index (χ0n) is 26.2. The van der Waals surface area contributed by atoms with Crippen LogP contribution in [0.25, 0.3) is 16.9 Å². The molecule has 0 spiro atoms. The fraction of sp³-hybridized carbons (Fsp3) is 0.545. The van der Waals surface area contributed by atoms with E-state index in [1.165, 1.54) is 12.8 Å². The maximum absolute atomic E-state index is 13.5. The summed E-state index contributed by atoms with van der Waals surface area (Å²) in [6.45, 7) is 9.74. The van der Waals surface area contributed by atoms with Gasteiger partial charge in [0.2, 0.25) is 5.91 Å². The second-order valence-corrected chi connectivity index (χ2v) is 12.3. The molecule has 0 aromatic carbocycles. The zero-order chi connectivity index (χ0) is 31.1. The zero-order valence-corrected chi connectivity index (χ0v) is 26.2. The number of nitriles is 1. The van der Waals surface area contributed by atoms with Gasteiger partial charge in [0.1, 0.15) is 17.5 Å². The number of fused-ring (bicyclic) bond motifs is 1. The van der Waals surface area contributed by atoms with E-state index in [2.05, 4.69) is 41.8 Å². The summed E-state index contributed by atoms with van der Waals surface area (Å²) in [5.74, 6) is 0.787. The topological polar surface area (TPSA) is 131 Å². The van der Waals surface area contributed by atoms with Crippen LogP contribution >= 0.6 is 0 Å². The summed E-state index contributed by atoms with van der Waals surface area (Å²) in [4.78, 5) is 40.3. The highest BCUT2D eigenvalue weighted by Gasteiger charge is 2.32. The fourth-order valence-electron chi connectivity index (χ4n) is 6.29. The Morgan fingerprint density at radius 2 is 1.82 bits per heavy atom. The maximum Gasteiger partial charge on any atom is 0.255 e. The minimum atomic E-state index is -0.165. The molecule has 4 heterocycles. The van der Waals surface area contributed by atoms with Crippen LogP contribution in [0, 0.1) is 17.2 Å². The number of nitrogens with zero attached hydrogens (tertiary/aromatic N) is 6. The van der Waals surface area contributed by atoms with Gasteiger partial charge in [-0.3, -0.25) is 19.1 Å². The molecule has 1 aliphatic heterocycles. The Balaban J connectivity index is 1.16. The van der Waals surface area contributed by atoms with Gasteiger partial charge in [-0.2, -0.15) is 5.26 Å². The SMILES string of the molecule is CNCCCCN1CCN(C(=O)C2CCC(NC(=O)c3cnc(-n4ccc5cc(C#N)cnc54)cc3NC(C)C)CC2)CC1. The summed E-state index contributed by atoms with van der Waals surface area (Å²) in [5, 5.41) is 19.9. The Morgan fingerprint density at radius 3 is 2.52 bits per heavy atom. The van der Waals surface area contributed by atoms with E-state index in [0.29, 0.717) is 28.3 Å². The molecule has 0 atom stereocenters. The molecule has 11 heteroatoms. The molecule has 2 aliphatic rings. The molecule has 3 aromatic heterocycles. The minimum Gasteiger partial charge on any atom is -0.382 e. The third kappa shape index (κ3) is 7.55. The number of hydrogen-bond acceptors (Lipinski definition) is 8. The van der Waals surface area contributed by atoms with Crippen molar-refractivity contribution in [3.63, 3.8) is 0 Å². The van der Waals surface area contributed by atoms with Crippen molar-refractivity contribution in [2.24, 2.45) is 5.92 Å². The molecule has 3 aromatic rings. The lowest BCUT2D eigenvalue weighted by Gasteiger charge is -2.38. The number of nitrogens with one attached hydrogen (secondary N) is 3. The quantitative estimate of drug-likeness (QED) is 0.285. The summed E-state index contributed by atoms with van der Waals surface area (Å²) in [6, 6.07) is 7.82. The van der Waals surface area contributed by atoms with Gasteiger partial charge in [-0.05, 0) is 84.6 Å². The van der Waals surface area contributed by atoms with Crippen LogP contribution in [0.1, 0.15) is 68.3 Å². The van der Waals surface area contributed by atoms with E-state index in [0.717, 1.165) is 70.3 Å². The van der Waals surface area contributed by atoms with Gasteiger partial charge in [-0.1, -0.05) is 0 Å². The summed E-state index contributed by atoms with van der Waals surface area (Å²) in [6.07, 6.45) is 10.6. The minimum absolute atomic E-state index is 0.0273. The maximum atomic E-state index is 13.5. The lowest BCUT2D eigenvalue weighted by molar-refractivity contribution is -0.138. The van der Waals surface area contributed by atoms with E-state index in [1.54, 1.807) is 18.5 Å². The normalized spacial score (nSPS) is 19.2. The van der Waals surface area contributed by atoms with Crippen molar-refractivity contribution in [1.29, 1.82) is 5.26 Å². The number of aromatic nitrogens is 3. The van der Waals surface area contributed by atoms with Crippen molar-refractivity contribution in [3.05, 3.63) is 47.9 Å². The highest BCUT2D eigenvalue weighted by molar-refractivity contribution is 6.00. The van der Waals surface area contributed by atoms with Gasteiger partial charge in [-0.25, -0.2) is 9.97 Å². The van der Waals surface area contributed by atoms with Crippen LogP contribution in [-0.4, -0.2) is 94.5 Å². The van der Waals surface area contributed by atoms with Crippen molar-refractivity contribution in [2.75, 3.05) is 51.6 Å². The van der Waals surface area contributed by atoms with Gasteiger partial charge in [0.25, 0.3) is 5.91 Å². The average Bonchev–Trinajstić information content (AvgIpc) is 3.46. The second-order valence-electron chi connectivity index (χ2n) is 12.3. The lowest BCUT2D eigenvalue weighted by Crippen LogP contribution is -2.51. The number of unbranched alkanes of at least 4 members (excludes halogenated alkanes) is 1. The molecule has 5 rings (SSSR count). The van der Waals surface area contributed by atoms with Crippen molar-refractivity contribution >= 4 is 28.5 Å². The molecule has 1 aliphatic carbocycles. The van der Waals surface area contributed by atoms with Crippen LogP contribution < -0.4 is 16.0 Å². The summed E-state index contributed by atoms with van der Waals surface area (Å²) in [5.41, 5.74) is 2.38. The molecular formula is C33H45N9O2. The van der Waals surface area contributed by atoms with Crippen molar-refractivity contribution < 1.29 is 9.59 Å². The fourth-order valence-corrected chi connectivity index (χ4v) is 6.29.